The van der Waals surface area contributed by atoms with E-state index in [1.54, 1.807) is 0 Å². The van der Waals surface area contributed by atoms with Crippen LogP contribution in [-0.4, -0.2) is 41.7 Å². The highest BCUT2D eigenvalue weighted by molar-refractivity contribution is 7.16. The summed E-state index contributed by atoms with van der Waals surface area (Å²) < 4.78 is 0. The normalized spacial score (nSPS) is 14.8. The van der Waals surface area contributed by atoms with E-state index < -0.39 is 0 Å². The first-order valence-electron chi connectivity index (χ1n) is 7.21. The minimum absolute atomic E-state index is 0.0600. The Balaban J connectivity index is 2.00. The number of aryl methyl sites for hydroxylation is 1. The third-order valence-corrected chi connectivity index (χ3v) is 5.20. The summed E-state index contributed by atoms with van der Waals surface area (Å²) in [7, 11) is 0. The van der Waals surface area contributed by atoms with E-state index in [2.05, 4.69) is 11.4 Å². The number of aliphatic hydroxyl groups is 1. The Hall–Kier alpha value is -1.42. The van der Waals surface area contributed by atoms with Crippen molar-refractivity contribution in [3.05, 3.63) is 16.0 Å². The molecule has 1 heterocycles. The monoisotopic (exact) mass is 307 g/mol. The average molecular weight is 307 g/mol. The van der Waals surface area contributed by atoms with Crippen molar-refractivity contribution in [3.63, 3.8) is 0 Å². The fraction of sp³-hybridized carbons (Fsp3) is 0.600. The summed E-state index contributed by atoms with van der Waals surface area (Å²) in [6, 6.07) is 2.56. The van der Waals surface area contributed by atoms with E-state index in [4.69, 9.17) is 5.11 Å². The first-order valence-corrected chi connectivity index (χ1v) is 8.03. The van der Waals surface area contributed by atoms with Gasteiger partial charge in [0.25, 0.3) is 0 Å². The summed E-state index contributed by atoms with van der Waals surface area (Å²) in [5.41, 5.74) is 1.49. The second kappa shape index (κ2) is 7.03. The molecule has 2 N–H and O–H groups in total. The van der Waals surface area contributed by atoms with Crippen LogP contribution >= 0.6 is 11.3 Å². The minimum atomic E-state index is -0.118. The zero-order chi connectivity index (χ0) is 15.4. The molecule has 6 heteroatoms. The Labute approximate surface area is 129 Å². The van der Waals surface area contributed by atoms with Crippen LogP contribution in [0.3, 0.4) is 0 Å². The number of carbonyl (C=O) groups is 1. The summed E-state index contributed by atoms with van der Waals surface area (Å²) in [5.74, 6) is -0.118. The molecule has 114 valence electrons. The summed E-state index contributed by atoms with van der Waals surface area (Å²) in [6.07, 6.45) is 3.37. The van der Waals surface area contributed by atoms with Crippen molar-refractivity contribution in [2.45, 2.75) is 39.2 Å². The highest BCUT2D eigenvalue weighted by atomic mass is 32.1. The van der Waals surface area contributed by atoms with Gasteiger partial charge in [0.2, 0.25) is 5.91 Å². The second-order valence-electron chi connectivity index (χ2n) is 5.43. The van der Waals surface area contributed by atoms with Gasteiger partial charge in [-0.05, 0) is 32.3 Å². The van der Waals surface area contributed by atoms with Crippen molar-refractivity contribution in [2.24, 2.45) is 0 Å². The number of aliphatic hydroxyl groups excluding tert-OH is 1. The lowest BCUT2D eigenvalue weighted by molar-refractivity contribution is -0.118. The van der Waals surface area contributed by atoms with Gasteiger partial charge in [0.15, 0.2) is 0 Å². The van der Waals surface area contributed by atoms with Gasteiger partial charge in [-0.1, -0.05) is 6.42 Å². The van der Waals surface area contributed by atoms with Crippen molar-refractivity contribution >= 4 is 22.2 Å². The molecule has 0 atom stereocenters. The lowest BCUT2D eigenvalue weighted by Crippen LogP contribution is -2.45. The molecule has 1 amide bonds. The highest BCUT2D eigenvalue weighted by Crippen LogP contribution is 2.31. The summed E-state index contributed by atoms with van der Waals surface area (Å²) in [6.45, 7) is 4.69. The van der Waals surface area contributed by atoms with Gasteiger partial charge < -0.3 is 10.4 Å². The van der Waals surface area contributed by atoms with Gasteiger partial charge in [-0.15, -0.1) is 11.3 Å². The molecule has 0 spiro atoms. The molecule has 5 nitrogen and oxygen atoms in total. The van der Waals surface area contributed by atoms with E-state index in [1.165, 1.54) is 17.8 Å². The predicted molar refractivity (Wildman–Crippen MR) is 83.4 cm³/mol. The molecule has 1 aromatic rings. The van der Waals surface area contributed by atoms with Crippen molar-refractivity contribution in [3.8, 4) is 6.07 Å². The number of nitrogens with one attached hydrogen (secondary N) is 1. The van der Waals surface area contributed by atoms with E-state index >= 15 is 0 Å². The molecule has 0 radical (unpaired) electrons. The first-order chi connectivity index (χ1) is 10.1. The quantitative estimate of drug-likeness (QED) is 0.843. The zero-order valence-electron chi connectivity index (χ0n) is 12.5. The molecule has 1 fully saturated rings. The number of nitrogens with zero attached hydrogens (tertiary/aromatic N) is 2. The molecule has 1 aliphatic carbocycles. The molecule has 0 bridgehead atoms. The maximum Gasteiger partial charge on any atom is 0.239 e. The lowest BCUT2D eigenvalue weighted by atomic mass is 9.91. The number of hydrogen-bond donors (Lipinski definition) is 2. The number of amides is 1. The van der Waals surface area contributed by atoms with Gasteiger partial charge in [-0.25, -0.2) is 0 Å². The number of rotatable bonds is 6. The average Bonchev–Trinajstić information content (AvgIpc) is 2.62. The Bertz CT molecular complexity index is 558. The third kappa shape index (κ3) is 3.62. The Kier molecular flexibility index (Phi) is 5.34. The predicted octanol–water partition coefficient (Wildman–Crippen LogP) is 2.02. The Morgan fingerprint density at radius 1 is 1.52 bits per heavy atom. The number of carbonyl (C=O) groups excluding carboxylic acids is 1. The van der Waals surface area contributed by atoms with Crippen LogP contribution in [0.4, 0.5) is 5.00 Å². The van der Waals surface area contributed by atoms with Crippen LogP contribution in [0.25, 0.3) is 0 Å². The van der Waals surface area contributed by atoms with E-state index in [1.807, 2.05) is 18.7 Å². The Morgan fingerprint density at radius 3 is 2.76 bits per heavy atom. The van der Waals surface area contributed by atoms with E-state index in [9.17, 15) is 10.1 Å². The van der Waals surface area contributed by atoms with E-state index in [-0.39, 0.29) is 19.1 Å². The van der Waals surface area contributed by atoms with Gasteiger partial charge in [0.05, 0.1) is 18.7 Å². The molecule has 0 aromatic carbocycles. The largest absolute Gasteiger partial charge is 0.395 e. The van der Waals surface area contributed by atoms with Crippen LogP contribution < -0.4 is 5.32 Å². The minimum Gasteiger partial charge on any atom is -0.395 e. The molecule has 21 heavy (non-hydrogen) atoms. The molecule has 1 aromatic heterocycles. The summed E-state index contributed by atoms with van der Waals surface area (Å²) >= 11 is 1.44. The van der Waals surface area contributed by atoms with Crippen molar-refractivity contribution in [2.75, 3.05) is 25.0 Å². The van der Waals surface area contributed by atoms with Crippen LogP contribution in [0.2, 0.25) is 0 Å². The van der Waals surface area contributed by atoms with Gasteiger partial charge in [-0.2, -0.15) is 5.26 Å². The fourth-order valence-corrected chi connectivity index (χ4v) is 3.50. The maximum atomic E-state index is 12.2. The number of anilines is 1. The number of nitriles is 1. The molecule has 0 unspecified atom stereocenters. The topological polar surface area (TPSA) is 76.4 Å². The lowest BCUT2D eigenvalue weighted by Gasteiger charge is -2.36. The number of hydrogen-bond acceptors (Lipinski definition) is 5. The fourth-order valence-electron chi connectivity index (χ4n) is 2.47. The zero-order valence-corrected chi connectivity index (χ0v) is 13.3. The van der Waals surface area contributed by atoms with Crippen LogP contribution in [0.1, 0.15) is 35.3 Å². The van der Waals surface area contributed by atoms with Gasteiger partial charge in [-0.3, -0.25) is 9.69 Å². The standard InChI is InChI=1S/C15H21N3O2S/c1-10-11(2)21-15(13(10)8-16)17-14(20)9-18(6-7-19)12-4-3-5-12/h12,19H,3-7,9H2,1-2H3,(H,17,20). The van der Waals surface area contributed by atoms with Crippen LogP contribution in [0.5, 0.6) is 0 Å². The molecule has 0 aliphatic heterocycles. The van der Waals surface area contributed by atoms with Gasteiger partial charge in [0.1, 0.15) is 11.1 Å². The second-order valence-corrected chi connectivity index (χ2v) is 6.65. The van der Waals surface area contributed by atoms with E-state index in [0.717, 1.165) is 23.3 Å². The summed E-state index contributed by atoms with van der Waals surface area (Å²) in [4.78, 5) is 15.3. The van der Waals surface area contributed by atoms with E-state index in [0.29, 0.717) is 23.2 Å². The Morgan fingerprint density at radius 2 is 2.24 bits per heavy atom. The molecule has 2 rings (SSSR count). The van der Waals surface area contributed by atoms with Crippen LogP contribution in [0, 0.1) is 25.2 Å². The maximum absolute atomic E-state index is 12.2. The molecule has 1 saturated carbocycles. The molecular weight excluding hydrogens is 286 g/mol. The third-order valence-electron chi connectivity index (χ3n) is 4.08. The molecule has 0 saturated heterocycles. The number of thiophene rings is 1. The van der Waals surface area contributed by atoms with Crippen LogP contribution in [0.15, 0.2) is 0 Å². The van der Waals surface area contributed by atoms with Crippen LogP contribution in [-0.2, 0) is 4.79 Å². The molecular formula is C15H21N3O2S. The summed E-state index contributed by atoms with van der Waals surface area (Å²) in [5, 5.41) is 21.8. The molecule has 1 aliphatic rings. The first kappa shape index (κ1) is 16.0. The smallest absolute Gasteiger partial charge is 0.239 e. The van der Waals surface area contributed by atoms with Crippen molar-refractivity contribution < 1.29 is 9.90 Å². The SMILES string of the molecule is Cc1sc(NC(=O)CN(CCO)C2CCC2)c(C#N)c1C. The van der Waals surface area contributed by atoms with Crippen molar-refractivity contribution in [1.82, 2.24) is 4.90 Å². The van der Waals surface area contributed by atoms with Gasteiger partial charge >= 0.3 is 0 Å². The van der Waals surface area contributed by atoms with Crippen molar-refractivity contribution in [1.29, 1.82) is 5.26 Å². The highest BCUT2D eigenvalue weighted by Gasteiger charge is 2.26. The van der Waals surface area contributed by atoms with Gasteiger partial charge in [0, 0.05) is 17.5 Å².